The Morgan fingerprint density at radius 3 is 3.00 bits per heavy atom. The molecule has 0 aliphatic carbocycles. The van der Waals surface area contributed by atoms with Gasteiger partial charge in [0.2, 0.25) is 11.4 Å². The molecule has 3 rings (SSSR count). The number of ether oxygens (including phenoxy) is 1. The van der Waals surface area contributed by atoms with E-state index in [1.54, 1.807) is 11.8 Å². The van der Waals surface area contributed by atoms with Crippen LogP contribution >= 0.6 is 0 Å². The van der Waals surface area contributed by atoms with Crippen LogP contribution in [0.25, 0.3) is 0 Å². The number of aromatic amines is 1. The van der Waals surface area contributed by atoms with Gasteiger partial charge in [0, 0.05) is 25.2 Å². The van der Waals surface area contributed by atoms with Gasteiger partial charge in [0.15, 0.2) is 0 Å². The fraction of sp³-hybridized carbons (Fsp3) is 0.375. The van der Waals surface area contributed by atoms with E-state index in [-0.39, 0.29) is 23.5 Å². The zero-order valence-electron chi connectivity index (χ0n) is 13.2. The van der Waals surface area contributed by atoms with Crippen LogP contribution in [0.5, 0.6) is 5.88 Å². The van der Waals surface area contributed by atoms with Gasteiger partial charge in [0.1, 0.15) is 12.4 Å². The van der Waals surface area contributed by atoms with Crippen molar-refractivity contribution in [2.24, 2.45) is 0 Å². The number of nitrogens with zero attached hydrogens (tertiary/aromatic N) is 3. The van der Waals surface area contributed by atoms with Gasteiger partial charge in [0.05, 0.1) is 17.8 Å². The number of rotatable bonds is 4. The molecule has 1 aliphatic heterocycles. The van der Waals surface area contributed by atoms with Crippen LogP contribution in [0.15, 0.2) is 29.5 Å². The summed E-state index contributed by atoms with van der Waals surface area (Å²) in [5, 5.41) is 0. The lowest BCUT2D eigenvalue weighted by molar-refractivity contribution is 0.0769. The number of carbonyl (C=O) groups excluding carboxylic acids is 1. The van der Waals surface area contributed by atoms with Crippen LogP contribution in [0.2, 0.25) is 0 Å². The Hall–Kier alpha value is -2.77. The van der Waals surface area contributed by atoms with Gasteiger partial charge in [-0.05, 0) is 12.5 Å². The quantitative estimate of drug-likeness (QED) is 0.908. The minimum Gasteiger partial charge on any atom is -0.470 e. The molecule has 1 fully saturated rings. The number of carbonyl (C=O) groups is 1. The van der Waals surface area contributed by atoms with Crippen LogP contribution in [0.4, 0.5) is 4.39 Å². The molecule has 0 spiro atoms. The van der Waals surface area contributed by atoms with E-state index in [0.717, 1.165) is 0 Å². The van der Waals surface area contributed by atoms with E-state index in [9.17, 15) is 14.0 Å². The second kappa shape index (κ2) is 6.77. The van der Waals surface area contributed by atoms with E-state index < -0.39 is 5.82 Å². The third-order valence-electron chi connectivity index (χ3n) is 3.91. The highest BCUT2D eigenvalue weighted by Gasteiger charge is 2.29. The number of hydrogen-bond donors (Lipinski definition) is 1. The lowest BCUT2D eigenvalue weighted by Crippen LogP contribution is -2.31. The first kappa shape index (κ1) is 16.1. The standard InChI is InChI=1S/C16H17FN4O3/c1-2-12-14(17)15(20-9-19-12)24-11-5-6-21(8-11)16(23)10-3-4-13(22)18-7-10/h3-4,7,9,11H,2,5-6,8H2,1H3,(H,18,22). The second-order valence-electron chi connectivity index (χ2n) is 5.51. The summed E-state index contributed by atoms with van der Waals surface area (Å²) in [6.45, 7) is 2.63. The van der Waals surface area contributed by atoms with Crippen LogP contribution in [0.3, 0.4) is 0 Å². The number of H-pyrrole nitrogens is 1. The molecule has 8 heteroatoms. The average Bonchev–Trinajstić information content (AvgIpc) is 3.05. The summed E-state index contributed by atoms with van der Waals surface area (Å²) in [6, 6.07) is 2.78. The first-order chi connectivity index (χ1) is 11.6. The molecule has 2 aromatic rings. The molecule has 0 bridgehead atoms. The molecule has 0 aromatic carbocycles. The van der Waals surface area contributed by atoms with Gasteiger partial charge >= 0.3 is 0 Å². The topological polar surface area (TPSA) is 88.2 Å². The number of amides is 1. The SMILES string of the molecule is CCc1ncnc(OC2CCN(C(=O)c3ccc(=O)[nH]c3)C2)c1F. The first-order valence-corrected chi connectivity index (χ1v) is 7.72. The van der Waals surface area contributed by atoms with Crippen molar-refractivity contribution in [1.29, 1.82) is 0 Å². The van der Waals surface area contributed by atoms with Crippen LogP contribution < -0.4 is 10.3 Å². The number of nitrogens with one attached hydrogen (secondary N) is 1. The van der Waals surface area contributed by atoms with Crippen molar-refractivity contribution < 1.29 is 13.9 Å². The van der Waals surface area contributed by atoms with Gasteiger partial charge in [-0.3, -0.25) is 9.59 Å². The molecule has 1 atom stereocenters. The predicted octanol–water partition coefficient (Wildman–Crippen LogP) is 1.16. The molecule has 1 N–H and O–H groups in total. The third-order valence-corrected chi connectivity index (χ3v) is 3.91. The molecule has 3 heterocycles. The Morgan fingerprint density at radius 1 is 1.46 bits per heavy atom. The maximum Gasteiger partial charge on any atom is 0.255 e. The number of aryl methyl sites for hydroxylation is 1. The molecule has 0 saturated carbocycles. The lowest BCUT2D eigenvalue weighted by atomic mass is 10.2. The van der Waals surface area contributed by atoms with Crippen molar-refractivity contribution >= 4 is 5.91 Å². The molecule has 1 saturated heterocycles. The maximum absolute atomic E-state index is 14.1. The summed E-state index contributed by atoms with van der Waals surface area (Å²) in [6.07, 6.45) is 3.36. The van der Waals surface area contributed by atoms with Gasteiger partial charge in [0.25, 0.3) is 11.8 Å². The summed E-state index contributed by atoms with van der Waals surface area (Å²) < 4.78 is 19.7. The molecule has 24 heavy (non-hydrogen) atoms. The number of likely N-dealkylation sites (tertiary alicyclic amines) is 1. The maximum atomic E-state index is 14.1. The normalized spacial score (nSPS) is 17.1. The highest BCUT2D eigenvalue weighted by molar-refractivity contribution is 5.94. The van der Waals surface area contributed by atoms with Gasteiger partial charge in [-0.25, -0.2) is 4.98 Å². The highest BCUT2D eigenvalue weighted by atomic mass is 19.1. The van der Waals surface area contributed by atoms with Gasteiger partial charge in [-0.15, -0.1) is 0 Å². The average molecular weight is 332 g/mol. The van der Waals surface area contributed by atoms with E-state index in [1.807, 2.05) is 0 Å². The number of halogens is 1. The Balaban J connectivity index is 1.66. The van der Waals surface area contributed by atoms with Crippen molar-refractivity contribution in [2.75, 3.05) is 13.1 Å². The minimum atomic E-state index is -0.551. The molecule has 7 nitrogen and oxygen atoms in total. The summed E-state index contributed by atoms with van der Waals surface area (Å²) in [5.41, 5.74) is 0.441. The monoisotopic (exact) mass is 332 g/mol. The summed E-state index contributed by atoms with van der Waals surface area (Å²) in [7, 11) is 0. The fourth-order valence-corrected chi connectivity index (χ4v) is 2.61. The number of hydrogen-bond acceptors (Lipinski definition) is 5. The molecule has 1 unspecified atom stereocenters. The number of aromatic nitrogens is 3. The lowest BCUT2D eigenvalue weighted by Gasteiger charge is -2.17. The minimum absolute atomic E-state index is 0.0785. The zero-order chi connectivity index (χ0) is 17.1. The molecular weight excluding hydrogens is 315 g/mol. The van der Waals surface area contributed by atoms with Gasteiger partial charge in [-0.2, -0.15) is 9.37 Å². The molecule has 1 amide bonds. The van der Waals surface area contributed by atoms with E-state index >= 15 is 0 Å². The van der Waals surface area contributed by atoms with Crippen molar-refractivity contribution in [1.82, 2.24) is 19.9 Å². The van der Waals surface area contributed by atoms with Crippen LogP contribution in [0.1, 0.15) is 29.4 Å². The fourth-order valence-electron chi connectivity index (χ4n) is 2.61. The Bertz CT molecular complexity index is 788. The summed E-state index contributed by atoms with van der Waals surface area (Å²) in [5.74, 6) is -0.828. The van der Waals surface area contributed by atoms with Crippen molar-refractivity contribution in [2.45, 2.75) is 25.9 Å². The summed E-state index contributed by atoms with van der Waals surface area (Å²) >= 11 is 0. The van der Waals surface area contributed by atoms with Crippen molar-refractivity contribution in [3.8, 4) is 5.88 Å². The van der Waals surface area contributed by atoms with E-state index in [2.05, 4.69) is 15.0 Å². The Morgan fingerprint density at radius 2 is 2.29 bits per heavy atom. The number of pyridine rings is 1. The van der Waals surface area contributed by atoms with E-state index in [1.165, 1.54) is 24.7 Å². The Kier molecular flexibility index (Phi) is 4.54. The third kappa shape index (κ3) is 3.27. The molecule has 2 aromatic heterocycles. The smallest absolute Gasteiger partial charge is 0.255 e. The molecule has 126 valence electrons. The van der Waals surface area contributed by atoms with Crippen molar-refractivity contribution in [3.05, 3.63) is 52.1 Å². The van der Waals surface area contributed by atoms with Crippen LogP contribution in [0, 0.1) is 5.82 Å². The van der Waals surface area contributed by atoms with E-state index in [4.69, 9.17) is 4.74 Å². The van der Waals surface area contributed by atoms with Gasteiger partial charge in [-0.1, -0.05) is 6.92 Å². The largest absolute Gasteiger partial charge is 0.470 e. The van der Waals surface area contributed by atoms with Crippen molar-refractivity contribution in [3.63, 3.8) is 0 Å². The Labute approximate surface area is 137 Å². The molecule has 1 aliphatic rings. The first-order valence-electron chi connectivity index (χ1n) is 7.72. The zero-order valence-corrected chi connectivity index (χ0v) is 13.2. The predicted molar refractivity (Wildman–Crippen MR) is 83.4 cm³/mol. The summed E-state index contributed by atoms with van der Waals surface area (Å²) in [4.78, 5) is 35.2. The van der Waals surface area contributed by atoms with Crippen LogP contribution in [-0.2, 0) is 6.42 Å². The second-order valence-corrected chi connectivity index (χ2v) is 5.51. The van der Waals surface area contributed by atoms with E-state index in [0.29, 0.717) is 37.2 Å². The molecule has 0 radical (unpaired) electrons. The van der Waals surface area contributed by atoms with Crippen LogP contribution in [-0.4, -0.2) is 45.0 Å². The highest BCUT2D eigenvalue weighted by Crippen LogP contribution is 2.21. The van der Waals surface area contributed by atoms with Gasteiger partial charge < -0.3 is 14.6 Å². The molecular formula is C16H17FN4O3.